The Hall–Kier alpha value is -1.85. The highest BCUT2D eigenvalue weighted by Crippen LogP contribution is 2.04. The maximum absolute atomic E-state index is 11.8. The van der Waals surface area contributed by atoms with Crippen LogP contribution < -0.4 is 16.4 Å². The van der Waals surface area contributed by atoms with E-state index in [0.29, 0.717) is 11.6 Å². The fourth-order valence-corrected chi connectivity index (χ4v) is 1.15. The number of carbonyl (C=O) groups excluding carboxylic acids is 1. The van der Waals surface area contributed by atoms with Crippen LogP contribution in [0.25, 0.3) is 0 Å². The zero-order chi connectivity index (χ0) is 13.1. The van der Waals surface area contributed by atoms with Crippen molar-refractivity contribution in [3.05, 3.63) is 12.4 Å². The molecular formula is C11H19N5O. The Bertz CT molecular complexity index is 382. The predicted molar refractivity (Wildman–Crippen MR) is 67.4 cm³/mol. The van der Waals surface area contributed by atoms with Gasteiger partial charge in [-0.2, -0.15) is 0 Å². The first-order valence-corrected chi connectivity index (χ1v) is 5.44. The molecule has 0 aliphatic rings. The van der Waals surface area contributed by atoms with E-state index in [0.717, 1.165) is 0 Å². The van der Waals surface area contributed by atoms with E-state index >= 15 is 0 Å². The first kappa shape index (κ1) is 13.2. The van der Waals surface area contributed by atoms with Crippen molar-refractivity contribution in [3.8, 4) is 0 Å². The van der Waals surface area contributed by atoms with Gasteiger partial charge in [0.25, 0.3) is 0 Å². The standard InChI is InChI=1S/C11H19N5O/c1-7(9(17)16-11(2,3)4)15-10-13-5-8(12)6-14-10/h5-7H,12H2,1-4H3,(H,16,17)(H,13,14,15). The Balaban J connectivity index is 2.57. The smallest absolute Gasteiger partial charge is 0.242 e. The van der Waals surface area contributed by atoms with Crippen LogP contribution in [0.15, 0.2) is 12.4 Å². The molecule has 1 atom stereocenters. The van der Waals surface area contributed by atoms with E-state index < -0.39 is 6.04 Å². The molecule has 0 aliphatic heterocycles. The lowest BCUT2D eigenvalue weighted by Crippen LogP contribution is -2.47. The number of nitrogens with zero attached hydrogens (tertiary/aromatic N) is 2. The molecule has 4 N–H and O–H groups in total. The summed E-state index contributed by atoms with van der Waals surface area (Å²) in [5.41, 5.74) is 5.70. The van der Waals surface area contributed by atoms with Crippen LogP contribution in [0.1, 0.15) is 27.7 Å². The van der Waals surface area contributed by atoms with E-state index in [2.05, 4.69) is 20.6 Å². The third kappa shape index (κ3) is 4.67. The molecule has 6 heteroatoms. The molecule has 0 saturated heterocycles. The van der Waals surface area contributed by atoms with Crippen molar-refractivity contribution in [1.82, 2.24) is 15.3 Å². The minimum absolute atomic E-state index is 0.0991. The van der Waals surface area contributed by atoms with Crippen LogP contribution in [0.5, 0.6) is 0 Å². The summed E-state index contributed by atoms with van der Waals surface area (Å²) in [6.07, 6.45) is 2.98. The first-order valence-electron chi connectivity index (χ1n) is 5.44. The van der Waals surface area contributed by atoms with E-state index in [9.17, 15) is 4.79 Å². The Morgan fingerprint density at radius 3 is 2.35 bits per heavy atom. The number of aromatic nitrogens is 2. The number of hydrogen-bond donors (Lipinski definition) is 3. The third-order valence-electron chi connectivity index (χ3n) is 1.91. The van der Waals surface area contributed by atoms with Crippen molar-refractivity contribution >= 4 is 17.5 Å². The van der Waals surface area contributed by atoms with E-state index in [1.165, 1.54) is 12.4 Å². The molecule has 0 aliphatic carbocycles. The number of rotatable bonds is 3. The van der Waals surface area contributed by atoms with Gasteiger partial charge in [-0.25, -0.2) is 9.97 Å². The minimum atomic E-state index is -0.405. The summed E-state index contributed by atoms with van der Waals surface area (Å²) in [5, 5.41) is 5.77. The molecule has 0 saturated carbocycles. The van der Waals surface area contributed by atoms with Gasteiger partial charge >= 0.3 is 0 Å². The van der Waals surface area contributed by atoms with E-state index in [1.807, 2.05) is 20.8 Å². The molecule has 1 aromatic heterocycles. The zero-order valence-electron chi connectivity index (χ0n) is 10.6. The van der Waals surface area contributed by atoms with Crippen LogP contribution in [0, 0.1) is 0 Å². The number of nitrogen functional groups attached to an aromatic ring is 1. The van der Waals surface area contributed by atoms with Gasteiger partial charge < -0.3 is 16.4 Å². The zero-order valence-corrected chi connectivity index (χ0v) is 10.6. The number of hydrogen-bond acceptors (Lipinski definition) is 5. The molecule has 6 nitrogen and oxygen atoms in total. The highest BCUT2D eigenvalue weighted by molar-refractivity contribution is 5.84. The summed E-state index contributed by atoms with van der Waals surface area (Å²) < 4.78 is 0. The van der Waals surface area contributed by atoms with Crippen molar-refractivity contribution in [3.63, 3.8) is 0 Å². The fourth-order valence-electron chi connectivity index (χ4n) is 1.15. The van der Waals surface area contributed by atoms with Crippen LogP contribution >= 0.6 is 0 Å². The van der Waals surface area contributed by atoms with Crippen LogP contribution in [0.4, 0.5) is 11.6 Å². The van der Waals surface area contributed by atoms with Crippen LogP contribution in [-0.2, 0) is 4.79 Å². The predicted octanol–water partition coefficient (Wildman–Crippen LogP) is 0.774. The second-order valence-corrected chi connectivity index (χ2v) is 4.95. The molecule has 1 unspecified atom stereocenters. The van der Waals surface area contributed by atoms with Crippen LogP contribution in [0.3, 0.4) is 0 Å². The van der Waals surface area contributed by atoms with Gasteiger partial charge in [-0.3, -0.25) is 4.79 Å². The number of amides is 1. The van der Waals surface area contributed by atoms with E-state index in [1.54, 1.807) is 6.92 Å². The Labute approximate surface area is 101 Å². The van der Waals surface area contributed by atoms with Gasteiger partial charge in [0.05, 0.1) is 18.1 Å². The largest absolute Gasteiger partial charge is 0.396 e. The molecular weight excluding hydrogens is 218 g/mol. The molecule has 0 bridgehead atoms. The Kier molecular flexibility index (Phi) is 3.88. The maximum atomic E-state index is 11.8. The van der Waals surface area contributed by atoms with Gasteiger partial charge in [0.1, 0.15) is 6.04 Å². The number of carbonyl (C=O) groups is 1. The molecule has 0 spiro atoms. The third-order valence-corrected chi connectivity index (χ3v) is 1.91. The van der Waals surface area contributed by atoms with Gasteiger partial charge in [0.2, 0.25) is 11.9 Å². The van der Waals surface area contributed by atoms with Crippen molar-refractivity contribution in [2.45, 2.75) is 39.3 Å². The summed E-state index contributed by atoms with van der Waals surface area (Å²) in [6.45, 7) is 7.53. The van der Waals surface area contributed by atoms with Gasteiger partial charge in [0.15, 0.2) is 0 Å². The molecule has 1 heterocycles. The molecule has 0 aromatic carbocycles. The summed E-state index contributed by atoms with van der Waals surface area (Å²) in [7, 11) is 0. The summed E-state index contributed by atoms with van der Waals surface area (Å²) in [6, 6.07) is -0.405. The summed E-state index contributed by atoms with van der Waals surface area (Å²) in [4.78, 5) is 19.7. The SMILES string of the molecule is CC(Nc1ncc(N)cn1)C(=O)NC(C)(C)C. The average molecular weight is 237 g/mol. The number of nitrogens with one attached hydrogen (secondary N) is 2. The normalized spacial score (nSPS) is 12.9. The average Bonchev–Trinajstić information content (AvgIpc) is 2.19. The van der Waals surface area contributed by atoms with Crippen molar-refractivity contribution < 1.29 is 4.79 Å². The van der Waals surface area contributed by atoms with Gasteiger partial charge in [0, 0.05) is 5.54 Å². The van der Waals surface area contributed by atoms with Gasteiger partial charge in [-0.05, 0) is 27.7 Å². The van der Waals surface area contributed by atoms with Crippen LogP contribution in [-0.4, -0.2) is 27.5 Å². The van der Waals surface area contributed by atoms with Crippen molar-refractivity contribution in [2.24, 2.45) is 0 Å². The topological polar surface area (TPSA) is 92.9 Å². The monoisotopic (exact) mass is 237 g/mol. The van der Waals surface area contributed by atoms with E-state index in [-0.39, 0.29) is 11.4 Å². The molecule has 17 heavy (non-hydrogen) atoms. The highest BCUT2D eigenvalue weighted by atomic mass is 16.2. The number of nitrogens with two attached hydrogens (primary N) is 1. The summed E-state index contributed by atoms with van der Waals surface area (Å²) in [5.74, 6) is 0.286. The molecule has 0 fully saturated rings. The molecule has 1 aromatic rings. The molecule has 94 valence electrons. The maximum Gasteiger partial charge on any atom is 0.242 e. The van der Waals surface area contributed by atoms with Gasteiger partial charge in [-0.15, -0.1) is 0 Å². The van der Waals surface area contributed by atoms with Crippen molar-refractivity contribution in [2.75, 3.05) is 11.1 Å². The lowest BCUT2D eigenvalue weighted by atomic mass is 10.1. The number of anilines is 2. The first-order chi connectivity index (χ1) is 7.78. The van der Waals surface area contributed by atoms with Gasteiger partial charge in [-0.1, -0.05) is 0 Å². The molecule has 1 amide bonds. The van der Waals surface area contributed by atoms with E-state index in [4.69, 9.17) is 5.73 Å². The second kappa shape index (κ2) is 4.99. The molecule has 0 radical (unpaired) electrons. The lowest BCUT2D eigenvalue weighted by Gasteiger charge is -2.23. The highest BCUT2D eigenvalue weighted by Gasteiger charge is 2.19. The lowest BCUT2D eigenvalue weighted by molar-refractivity contribution is -0.122. The van der Waals surface area contributed by atoms with Crippen molar-refractivity contribution in [1.29, 1.82) is 0 Å². The Morgan fingerprint density at radius 1 is 1.35 bits per heavy atom. The second-order valence-electron chi connectivity index (χ2n) is 4.95. The summed E-state index contributed by atoms with van der Waals surface area (Å²) >= 11 is 0. The quantitative estimate of drug-likeness (QED) is 0.722. The fraction of sp³-hybridized carbons (Fsp3) is 0.545. The Morgan fingerprint density at radius 2 is 1.88 bits per heavy atom. The molecule has 1 rings (SSSR count). The van der Waals surface area contributed by atoms with Crippen LogP contribution in [0.2, 0.25) is 0 Å². The minimum Gasteiger partial charge on any atom is -0.396 e.